The highest BCUT2D eigenvalue weighted by molar-refractivity contribution is 6.34. The van der Waals surface area contributed by atoms with Crippen LogP contribution in [0.4, 0.5) is 0 Å². The third kappa shape index (κ3) is 19.1. The number of hydrazone groups is 1. The van der Waals surface area contributed by atoms with Gasteiger partial charge in [0.15, 0.2) is 0 Å². The van der Waals surface area contributed by atoms with Gasteiger partial charge in [-0.25, -0.2) is 4.79 Å². The van der Waals surface area contributed by atoms with Gasteiger partial charge in [0.25, 0.3) is 0 Å². The van der Waals surface area contributed by atoms with Crippen LogP contribution in [0.2, 0.25) is 0 Å². The highest BCUT2D eigenvalue weighted by Crippen LogP contribution is 2.13. The average molecular weight is 355 g/mol. The van der Waals surface area contributed by atoms with Crippen molar-refractivity contribution in [3.8, 4) is 0 Å². The Morgan fingerprint density at radius 3 is 1.44 bits per heavy atom. The van der Waals surface area contributed by atoms with E-state index in [2.05, 4.69) is 17.5 Å². The summed E-state index contributed by atoms with van der Waals surface area (Å²) in [6.07, 6.45) is 21.8. The number of unbranched alkanes of at least 4 members (excludes halogenated alkanes) is 15. The van der Waals surface area contributed by atoms with Crippen LogP contribution < -0.4 is 5.43 Å². The lowest BCUT2D eigenvalue weighted by Crippen LogP contribution is -2.16. The molecule has 25 heavy (non-hydrogen) atoms. The second kappa shape index (κ2) is 19.3. The highest BCUT2D eigenvalue weighted by atomic mass is 16.4. The van der Waals surface area contributed by atoms with Crippen molar-refractivity contribution in [1.29, 1.82) is 0 Å². The second-order valence-electron chi connectivity index (χ2n) is 7.21. The number of hydrogen-bond donors (Lipinski definition) is 2. The summed E-state index contributed by atoms with van der Waals surface area (Å²) in [5, 5.41) is 12.5. The van der Waals surface area contributed by atoms with E-state index in [4.69, 9.17) is 5.11 Å². The van der Waals surface area contributed by atoms with Gasteiger partial charge in [-0.3, -0.25) is 0 Å². The van der Waals surface area contributed by atoms with Gasteiger partial charge in [-0.1, -0.05) is 103 Å². The molecular formula is C21H42N2O2. The van der Waals surface area contributed by atoms with E-state index in [1.54, 1.807) is 0 Å². The molecule has 0 aromatic heterocycles. The molecule has 0 atom stereocenters. The van der Waals surface area contributed by atoms with Crippen LogP contribution in [0.3, 0.4) is 0 Å². The van der Waals surface area contributed by atoms with Crippen molar-refractivity contribution < 1.29 is 9.90 Å². The van der Waals surface area contributed by atoms with Crippen LogP contribution in [0.25, 0.3) is 0 Å². The molecule has 0 heterocycles. The average Bonchev–Trinajstić information content (AvgIpc) is 2.60. The standard InChI is InChI=1S/C21H42N2O2/c1-3-4-5-6-7-8-9-10-11-12-13-14-15-16-17-18-19-22-23-20(2)21(24)25/h22H,3-19H2,1-2H3,(H,24,25). The number of rotatable bonds is 19. The van der Waals surface area contributed by atoms with E-state index < -0.39 is 5.97 Å². The normalized spacial score (nSPS) is 11.7. The van der Waals surface area contributed by atoms with Gasteiger partial charge in [0, 0.05) is 6.54 Å². The smallest absolute Gasteiger partial charge is 0.351 e. The van der Waals surface area contributed by atoms with E-state index in [9.17, 15) is 4.79 Å². The molecule has 0 aliphatic rings. The third-order valence-electron chi connectivity index (χ3n) is 4.70. The Bertz CT molecular complexity index is 330. The van der Waals surface area contributed by atoms with Crippen molar-refractivity contribution in [3.05, 3.63) is 0 Å². The molecule has 0 saturated heterocycles. The van der Waals surface area contributed by atoms with Gasteiger partial charge < -0.3 is 10.5 Å². The largest absolute Gasteiger partial charge is 0.477 e. The molecule has 4 nitrogen and oxygen atoms in total. The Hall–Kier alpha value is -1.06. The van der Waals surface area contributed by atoms with Gasteiger partial charge >= 0.3 is 5.97 Å². The van der Waals surface area contributed by atoms with Crippen molar-refractivity contribution in [2.24, 2.45) is 5.10 Å². The van der Waals surface area contributed by atoms with Crippen molar-refractivity contribution in [3.63, 3.8) is 0 Å². The lowest BCUT2D eigenvalue weighted by molar-refractivity contribution is -0.129. The van der Waals surface area contributed by atoms with E-state index >= 15 is 0 Å². The topological polar surface area (TPSA) is 61.7 Å². The summed E-state index contributed by atoms with van der Waals surface area (Å²) < 4.78 is 0. The number of aliphatic carboxylic acids is 1. The molecule has 4 heteroatoms. The molecule has 0 rings (SSSR count). The predicted molar refractivity (Wildman–Crippen MR) is 108 cm³/mol. The summed E-state index contributed by atoms with van der Waals surface area (Å²) in [7, 11) is 0. The van der Waals surface area contributed by atoms with Crippen molar-refractivity contribution in [2.45, 2.75) is 117 Å². The Labute approximate surface area is 155 Å². The minimum atomic E-state index is -0.959. The molecule has 2 N–H and O–H groups in total. The Kier molecular flexibility index (Phi) is 18.5. The molecule has 0 aliphatic heterocycles. The van der Waals surface area contributed by atoms with Gasteiger partial charge in [0.1, 0.15) is 5.71 Å². The van der Waals surface area contributed by atoms with Crippen LogP contribution >= 0.6 is 0 Å². The van der Waals surface area contributed by atoms with Crippen molar-refractivity contribution in [1.82, 2.24) is 5.43 Å². The number of hydrogen-bond acceptors (Lipinski definition) is 3. The molecule has 0 spiro atoms. The Morgan fingerprint density at radius 2 is 1.08 bits per heavy atom. The molecule has 0 aliphatic carbocycles. The maximum atomic E-state index is 10.5. The van der Waals surface area contributed by atoms with Crippen LogP contribution in [-0.2, 0) is 4.79 Å². The van der Waals surface area contributed by atoms with E-state index in [1.165, 1.54) is 103 Å². The van der Waals surface area contributed by atoms with Crippen molar-refractivity contribution in [2.75, 3.05) is 6.54 Å². The summed E-state index contributed by atoms with van der Waals surface area (Å²) in [4.78, 5) is 10.5. The van der Waals surface area contributed by atoms with E-state index in [0.717, 1.165) is 13.0 Å². The van der Waals surface area contributed by atoms with E-state index in [-0.39, 0.29) is 5.71 Å². The van der Waals surface area contributed by atoms with E-state index in [0.29, 0.717) is 0 Å². The molecule has 0 unspecified atom stereocenters. The highest BCUT2D eigenvalue weighted by Gasteiger charge is 1.99. The zero-order chi connectivity index (χ0) is 18.6. The lowest BCUT2D eigenvalue weighted by atomic mass is 10.0. The molecule has 148 valence electrons. The first-order valence-electron chi connectivity index (χ1n) is 10.7. The third-order valence-corrected chi connectivity index (χ3v) is 4.70. The minimum Gasteiger partial charge on any atom is -0.477 e. The van der Waals surface area contributed by atoms with Gasteiger partial charge in [0.05, 0.1) is 0 Å². The van der Waals surface area contributed by atoms with Gasteiger partial charge in [-0.15, -0.1) is 0 Å². The predicted octanol–water partition coefficient (Wildman–Crippen LogP) is 6.30. The maximum Gasteiger partial charge on any atom is 0.351 e. The molecule has 0 saturated carbocycles. The van der Waals surface area contributed by atoms with Crippen LogP contribution in [-0.4, -0.2) is 23.3 Å². The zero-order valence-corrected chi connectivity index (χ0v) is 16.8. The fraction of sp³-hybridized carbons (Fsp3) is 0.905. The lowest BCUT2D eigenvalue weighted by Gasteiger charge is -2.04. The minimum absolute atomic E-state index is 0.122. The maximum absolute atomic E-state index is 10.5. The zero-order valence-electron chi connectivity index (χ0n) is 16.8. The van der Waals surface area contributed by atoms with Crippen molar-refractivity contribution >= 4 is 11.7 Å². The quantitative estimate of drug-likeness (QED) is 0.163. The number of carboxylic acid groups (broad SMARTS) is 1. The van der Waals surface area contributed by atoms with Crippen LogP contribution in [0.5, 0.6) is 0 Å². The Morgan fingerprint density at radius 1 is 0.720 bits per heavy atom. The molecule has 0 aromatic rings. The first kappa shape index (κ1) is 23.9. The van der Waals surface area contributed by atoms with Crippen LogP contribution in [0.1, 0.15) is 117 Å². The fourth-order valence-corrected chi connectivity index (χ4v) is 2.97. The summed E-state index contributed by atoms with van der Waals surface area (Å²) in [5.41, 5.74) is 2.94. The van der Waals surface area contributed by atoms with E-state index in [1.807, 2.05) is 0 Å². The number of nitrogens with one attached hydrogen (secondary N) is 1. The summed E-state index contributed by atoms with van der Waals surface area (Å²) in [6, 6.07) is 0. The number of nitrogens with zero attached hydrogens (tertiary/aromatic N) is 1. The summed E-state index contributed by atoms with van der Waals surface area (Å²) in [5.74, 6) is -0.959. The molecule has 0 aromatic carbocycles. The first-order valence-corrected chi connectivity index (χ1v) is 10.7. The fourth-order valence-electron chi connectivity index (χ4n) is 2.97. The molecule has 0 bridgehead atoms. The second-order valence-corrected chi connectivity index (χ2v) is 7.21. The summed E-state index contributed by atoms with van der Waals surface area (Å²) >= 11 is 0. The summed E-state index contributed by atoms with van der Waals surface area (Å²) in [6.45, 7) is 4.55. The first-order chi connectivity index (χ1) is 12.2. The SMILES string of the molecule is CCCCCCCCCCCCCCCCCCNN=C(C)C(=O)O. The molecular weight excluding hydrogens is 312 g/mol. The number of carboxylic acids is 1. The molecule has 0 radical (unpaired) electrons. The van der Waals surface area contributed by atoms with Gasteiger partial charge in [-0.05, 0) is 13.3 Å². The van der Waals surface area contributed by atoms with Crippen LogP contribution in [0, 0.1) is 0 Å². The molecule has 0 fully saturated rings. The van der Waals surface area contributed by atoms with Gasteiger partial charge in [-0.2, -0.15) is 5.10 Å². The number of carbonyl (C=O) groups is 1. The molecule has 0 amide bonds. The van der Waals surface area contributed by atoms with Crippen LogP contribution in [0.15, 0.2) is 5.10 Å². The monoisotopic (exact) mass is 354 g/mol. The van der Waals surface area contributed by atoms with Gasteiger partial charge in [0.2, 0.25) is 0 Å². The Balaban J connectivity index is 3.10.